The van der Waals surface area contributed by atoms with Gasteiger partial charge in [0.25, 0.3) is 0 Å². The van der Waals surface area contributed by atoms with Gasteiger partial charge >= 0.3 is 5.97 Å². The Labute approximate surface area is 83.0 Å². The minimum Gasteiger partial charge on any atom is -0.478 e. The summed E-state index contributed by atoms with van der Waals surface area (Å²) in [4.78, 5) is 13.1. The molecular weight excluding hydrogens is 178 g/mol. The molecule has 3 heteroatoms. The smallest absolute Gasteiger partial charge is 0.336 e. The number of hydrogen-bond acceptors (Lipinski definition) is 2. The zero-order chi connectivity index (χ0) is 10.3. The number of carboxylic acid groups (broad SMARTS) is 1. The van der Waals surface area contributed by atoms with Gasteiger partial charge in [0.1, 0.15) is 0 Å². The molecule has 1 atom stereocenters. The first-order valence-electron chi connectivity index (χ1n) is 4.69. The molecular formula is C11H13NO2. The topological polar surface area (TPSA) is 40.5 Å². The Morgan fingerprint density at radius 2 is 2.29 bits per heavy atom. The molecule has 0 radical (unpaired) electrons. The summed E-state index contributed by atoms with van der Waals surface area (Å²) in [7, 11) is 2.00. The summed E-state index contributed by atoms with van der Waals surface area (Å²) in [5, 5.41) is 9.00. The van der Waals surface area contributed by atoms with E-state index in [2.05, 4.69) is 11.8 Å². The summed E-state index contributed by atoms with van der Waals surface area (Å²) < 4.78 is 0. The average Bonchev–Trinajstić information content (AvgIpc) is 2.43. The van der Waals surface area contributed by atoms with Crippen LogP contribution in [0.25, 0.3) is 0 Å². The summed E-state index contributed by atoms with van der Waals surface area (Å²) in [6, 6.07) is 5.85. The third kappa shape index (κ3) is 1.16. The Kier molecular flexibility index (Phi) is 1.95. The molecule has 0 saturated heterocycles. The zero-order valence-electron chi connectivity index (χ0n) is 8.32. The minimum atomic E-state index is -0.829. The van der Waals surface area contributed by atoms with E-state index in [9.17, 15) is 4.79 Å². The molecule has 1 aliphatic rings. The third-order valence-electron chi connectivity index (χ3n) is 2.92. The first kappa shape index (κ1) is 9.06. The SMILES string of the molecule is CC1Cc2c(C(=O)O)cccc2N1C. The lowest BCUT2D eigenvalue weighted by Crippen LogP contribution is -2.23. The van der Waals surface area contributed by atoms with Crippen LogP contribution in [0, 0.1) is 0 Å². The van der Waals surface area contributed by atoms with Crippen molar-refractivity contribution in [3.63, 3.8) is 0 Å². The molecule has 1 aromatic rings. The van der Waals surface area contributed by atoms with Crippen LogP contribution in [0.1, 0.15) is 22.8 Å². The van der Waals surface area contributed by atoms with Crippen LogP contribution in [0.15, 0.2) is 18.2 Å². The second-order valence-electron chi connectivity index (χ2n) is 3.77. The van der Waals surface area contributed by atoms with Crippen LogP contribution in [-0.2, 0) is 6.42 Å². The molecule has 0 spiro atoms. The first-order chi connectivity index (χ1) is 6.61. The maximum atomic E-state index is 11.0. The van der Waals surface area contributed by atoms with Crippen molar-refractivity contribution in [3.8, 4) is 0 Å². The van der Waals surface area contributed by atoms with E-state index >= 15 is 0 Å². The lowest BCUT2D eigenvalue weighted by atomic mass is 10.0. The molecule has 0 aromatic heterocycles. The highest BCUT2D eigenvalue weighted by Crippen LogP contribution is 2.32. The largest absolute Gasteiger partial charge is 0.478 e. The van der Waals surface area contributed by atoms with Gasteiger partial charge in [0.15, 0.2) is 0 Å². The molecule has 3 nitrogen and oxygen atoms in total. The maximum absolute atomic E-state index is 11.0. The fourth-order valence-corrected chi connectivity index (χ4v) is 1.99. The lowest BCUT2D eigenvalue weighted by molar-refractivity contribution is 0.0696. The summed E-state index contributed by atoms with van der Waals surface area (Å²) in [6.45, 7) is 2.10. The van der Waals surface area contributed by atoms with Gasteiger partial charge in [0, 0.05) is 18.8 Å². The number of carbonyl (C=O) groups is 1. The van der Waals surface area contributed by atoms with Gasteiger partial charge < -0.3 is 10.0 Å². The molecule has 0 bridgehead atoms. The van der Waals surface area contributed by atoms with Gasteiger partial charge in [-0.3, -0.25) is 0 Å². The minimum absolute atomic E-state index is 0.394. The molecule has 0 fully saturated rings. The van der Waals surface area contributed by atoms with Crippen molar-refractivity contribution >= 4 is 11.7 Å². The summed E-state index contributed by atoms with van der Waals surface area (Å²) >= 11 is 0. The highest BCUT2D eigenvalue weighted by atomic mass is 16.4. The number of hydrogen-bond donors (Lipinski definition) is 1. The maximum Gasteiger partial charge on any atom is 0.336 e. The van der Waals surface area contributed by atoms with Crippen LogP contribution in [0.2, 0.25) is 0 Å². The van der Waals surface area contributed by atoms with E-state index < -0.39 is 5.97 Å². The van der Waals surface area contributed by atoms with E-state index in [0.717, 1.165) is 17.7 Å². The molecule has 1 N–H and O–H groups in total. The monoisotopic (exact) mass is 191 g/mol. The van der Waals surface area contributed by atoms with Gasteiger partial charge in [0.05, 0.1) is 5.56 Å². The van der Waals surface area contributed by atoms with Crippen molar-refractivity contribution in [1.82, 2.24) is 0 Å². The number of aromatic carboxylic acids is 1. The van der Waals surface area contributed by atoms with E-state index in [4.69, 9.17) is 5.11 Å². The van der Waals surface area contributed by atoms with Crippen LogP contribution < -0.4 is 4.90 Å². The van der Waals surface area contributed by atoms with Gasteiger partial charge in [-0.25, -0.2) is 4.79 Å². The van der Waals surface area contributed by atoms with E-state index in [1.165, 1.54) is 0 Å². The molecule has 0 amide bonds. The van der Waals surface area contributed by atoms with Crippen molar-refractivity contribution in [1.29, 1.82) is 0 Å². The number of nitrogens with zero attached hydrogens (tertiary/aromatic N) is 1. The van der Waals surface area contributed by atoms with E-state index in [-0.39, 0.29) is 0 Å². The molecule has 1 heterocycles. The number of carboxylic acids is 1. The zero-order valence-corrected chi connectivity index (χ0v) is 8.32. The van der Waals surface area contributed by atoms with Gasteiger partial charge in [-0.05, 0) is 31.0 Å². The Morgan fingerprint density at radius 1 is 1.57 bits per heavy atom. The lowest BCUT2D eigenvalue weighted by Gasteiger charge is -2.18. The average molecular weight is 191 g/mol. The number of likely N-dealkylation sites (N-methyl/N-ethyl adjacent to an activating group) is 1. The normalized spacial score (nSPS) is 19.6. The fraction of sp³-hybridized carbons (Fsp3) is 0.364. The number of fused-ring (bicyclic) bond motifs is 1. The predicted molar refractivity (Wildman–Crippen MR) is 55.0 cm³/mol. The van der Waals surface area contributed by atoms with Crippen LogP contribution in [0.5, 0.6) is 0 Å². The quantitative estimate of drug-likeness (QED) is 0.735. The van der Waals surface area contributed by atoms with Crippen molar-refractivity contribution in [2.24, 2.45) is 0 Å². The van der Waals surface area contributed by atoms with Crippen molar-refractivity contribution in [2.45, 2.75) is 19.4 Å². The number of benzene rings is 1. The number of anilines is 1. The molecule has 2 rings (SSSR count). The van der Waals surface area contributed by atoms with E-state index in [0.29, 0.717) is 11.6 Å². The predicted octanol–water partition coefficient (Wildman–Crippen LogP) is 1.77. The van der Waals surface area contributed by atoms with Crippen LogP contribution in [0.3, 0.4) is 0 Å². The van der Waals surface area contributed by atoms with Crippen LogP contribution >= 0.6 is 0 Å². The molecule has 74 valence electrons. The summed E-state index contributed by atoms with van der Waals surface area (Å²) in [5.74, 6) is -0.829. The highest BCUT2D eigenvalue weighted by molar-refractivity contribution is 5.92. The second kappa shape index (κ2) is 3.01. The Morgan fingerprint density at radius 3 is 2.93 bits per heavy atom. The fourth-order valence-electron chi connectivity index (χ4n) is 1.99. The Hall–Kier alpha value is -1.51. The Bertz CT molecular complexity index is 387. The summed E-state index contributed by atoms with van der Waals surface area (Å²) in [5.41, 5.74) is 2.46. The Balaban J connectivity index is 2.56. The third-order valence-corrected chi connectivity index (χ3v) is 2.92. The summed E-state index contributed by atoms with van der Waals surface area (Å²) in [6.07, 6.45) is 0.828. The van der Waals surface area contributed by atoms with Crippen molar-refractivity contribution in [3.05, 3.63) is 29.3 Å². The van der Waals surface area contributed by atoms with E-state index in [1.807, 2.05) is 13.1 Å². The molecule has 0 aliphatic carbocycles. The molecule has 1 aliphatic heterocycles. The van der Waals surface area contributed by atoms with Gasteiger partial charge in [0.2, 0.25) is 0 Å². The van der Waals surface area contributed by atoms with E-state index in [1.54, 1.807) is 12.1 Å². The van der Waals surface area contributed by atoms with Gasteiger partial charge in [-0.2, -0.15) is 0 Å². The van der Waals surface area contributed by atoms with Crippen molar-refractivity contribution in [2.75, 3.05) is 11.9 Å². The van der Waals surface area contributed by atoms with Crippen LogP contribution in [-0.4, -0.2) is 24.2 Å². The highest BCUT2D eigenvalue weighted by Gasteiger charge is 2.26. The molecule has 1 unspecified atom stereocenters. The second-order valence-corrected chi connectivity index (χ2v) is 3.77. The van der Waals surface area contributed by atoms with Crippen molar-refractivity contribution < 1.29 is 9.90 Å². The first-order valence-corrected chi connectivity index (χ1v) is 4.69. The standard InChI is InChI=1S/C11H13NO2/c1-7-6-9-8(11(13)14)4-3-5-10(9)12(7)2/h3-5,7H,6H2,1-2H3,(H,13,14). The molecule has 1 aromatic carbocycles. The molecule has 0 saturated carbocycles. The van der Waals surface area contributed by atoms with Gasteiger partial charge in [-0.15, -0.1) is 0 Å². The van der Waals surface area contributed by atoms with Crippen LogP contribution in [0.4, 0.5) is 5.69 Å². The van der Waals surface area contributed by atoms with Gasteiger partial charge in [-0.1, -0.05) is 6.07 Å². The molecule has 14 heavy (non-hydrogen) atoms. The number of rotatable bonds is 1.